The van der Waals surface area contributed by atoms with E-state index in [4.69, 9.17) is 9.47 Å². The minimum atomic E-state index is -3.34. The second kappa shape index (κ2) is 8.12. The molecule has 0 radical (unpaired) electrons. The molecule has 1 aliphatic rings. The van der Waals surface area contributed by atoms with Crippen LogP contribution in [0, 0.1) is 0 Å². The minimum absolute atomic E-state index is 0.182. The predicted octanol–water partition coefficient (Wildman–Crippen LogP) is 2.77. The molecule has 1 heterocycles. The second-order valence-electron chi connectivity index (χ2n) is 6.69. The van der Waals surface area contributed by atoms with E-state index < -0.39 is 10.0 Å². The highest BCUT2D eigenvalue weighted by Gasteiger charge is 2.33. The van der Waals surface area contributed by atoms with Crippen LogP contribution in [0.3, 0.4) is 0 Å². The number of amides is 1. The van der Waals surface area contributed by atoms with Gasteiger partial charge in [0.05, 0.1) is 32.2 Å². The van der Waals surface area contributed by atoms with Gasteiger partial charge in [-0.1, -0.05) is 12.1 Å². The van der Waals surface area contributed by atoms with Crippen molar-refractivity contribution in [1.82, 2.24) is 5.01 Å². The minimum Gasteiger partial charge on any atom is -0.497 e. The number of nitrogens with zero attached hydrogens (tertiary/aromatic N) is 2. The molecule has 2 aromatic rings. The smallest absolute Gasteiger partial charge is 0.240 e. The van der Waals surface area contributed by atoms with Gasteiger partial charge in [-0.25, -0.2) is 13.4 Å². The van der Waals surface area contributed by atoms with Gasteiger partial charge in [-0.2, -0.15) is 5.10 Å². The highest BCUT2D eigenvalue weighted by molar-refractivity contribution is 7.92. The summed E-state index contributed by atoms with van der Waals surface area (Å²) in [6.07, 6.45) is 1.60. The number of ether oxygens (including phenoxy) is 2. The topological polar surface area (TPSA) is 97.3 Å². The average molecular weight is 417 g/mol. The number of benzene rings is 2. The summed E-state index contributed by atoms with van der Waals surface area (Å²) in [5, 5.41) is 5.96. The maximum absolute atomic E-state index is 12.2. The van der Waals surface area contributed by atoms with Gasteiger partial charge in [-0.05, 0) is 29.8 Å². The fourth-order valence-corrected chi connectivity index (χ4v) is 3.82. The molecule has 3 rings (SSSR count). The number of hydrazone groups is 1. The molecule has 1 atom stereocenters. The van der Waals surface area contributed by atoms with Crippen LogP contribution in [0.1, 0.15) is 30.5 Å². The van der Waals surface area contributed by atoms with Crippen LogP contribution in [0.5, 0.6) is 11.5 Å². The van der Waals surface area contributed by atoms with E-state index in [2.05, 4.69) is 9.82 Å². The molecule has 0 bridgehead atoms. The fourth-order valence-electron chi connectivity index (χ4n) is 3.26. The molecule has 0 saturated heterocycles. The van der Waals surface area contributed by atoms with Crippen molar-refractivity contribution >= 4 is 27.3 Å². The summed E-state index contributed by atoms with van der Waals surface area (Å²) in [4.78, 5) is 12.2. The van der Waals surface area contributed by atoms with Crippen LogP contribution < -0.4 is 14.2 Å². The van der Waals surface area contributed by atoms with Crippen molar-refractivity contribution in [3.05, 3.63) is 53.6 Å². The van der Waals surface area contributed by atoms with Gasteiger partial charge in [-0.15, -0.1) is 0 Å². The normalized spacial score (nSPS) is 16.3. The van der Waals surface area contributed by atoms with E-state index >= 15 is 0 Å². The summed E-state index contributed by atoms with van der Waals surface area (Å²) in [6.45, 7) is 1.47. The third-order valence-corrected chi connectivity index (χ3v) is 5.16. The third-order valence-electron chi connectivity index (χ3n) is 4.55. The summed E-state index contributed by atoms with van der Waals surface area (Å²) >= 11 is 0. The summed E-state index contributed by atoms with van der Waals surface area (Å²) < 4.78 is 35.9. The molecule has 154 valence electrons. The highest BCUT2D eigenvalue weighted by atomic mass is 32.2. The Morgan fingerprint density at radius 2 is 1.83 bits per heavy atom. The molecule has 9 heteroatoms. The molecule has 8 nitrogen and oxygen atoms in total. The van der Waals surface area contributed by atoms with Crippen molar-refractivity contribution in [2.45, 2.75) is 19.4 Å². The Kier molecular flexibility index (Phi) is 5.78. The lowest BCUT2D eigenvalue weighted by Gasteiger charge is -2.22. The summed E-state index contributed by atoms with van der Waals surface area (Å²) in [7, 11) is -0.196. The number of anilines is 1. The lowest BCUT2D eigenvalue weighted by molar-refractivity contribution is -0.130. The first-order valence-corrected chi connectivity index (χ1v) is 10.8. The number of rotatable bonds is 6. The van der Waals surface area contributed by atoms with Crippen molar-refractivity contribution in [1.29, 1.82) is 0 Å². The largest absolute Gasteiger partial charge is 0.497 e. The molecule has 1 aliphatic heterocycles. The average Bonchev–Trinajstić information content (AvgIpc) is 3.12. The van der Waals surface area contributed by atoms with E-state index in [0.29, 0.717) is 23.6 Å². The van der Waals surface area contributed by atoms with E-state index in [9.17, 15) is 13.2 Å². The Hall–Kier alpha value is -3.07. The fraction of sp³-hybridized carbons (Fsp3) is 0.300. The van der Waals surface area contributed by atoms with Crippen LogP contribution >= 0.6 is 0 Å². The molecule has 1 N–H and O–H groups in total. The highest BCUT2D eigenvalue weighted by Crippen LogP contribution is 2.39. The van der Waals surface area contributed by atoms with Gasteiger partial charge in [0.25, 0.3) is 0 Å². The Bertz CT molecular complexity index is 1050. The van der Waals surface area contributed by atoms with Crippen molar-refractivity contribution in [2.24, 2.45) is 5.10 Å². The molecule has 2 aromatic carbocycles. The molecular formula is C20H23N3O5S. The molecule has 0 aliphatic carbocycles. The first kappa shape index (κ1) is 20.7. The number of hydrogen-bond donors (Lipinski definition) is 1. The van der Waals surface area contributed by atoms with E-state index in [0.717, 1.165) is 23.1 Å². The quantitative estimate of drug-likeness (QED) is 0.779. The molecule has 0 spiro atoms. The number of methoxy groups -OCH3 is 2. The first-order chi connectivity index (χ1) is 13.7. The van der Waals surface area contributed by atoms with Crippen molar-refractivity contribution in [3.63, 3.8) is 0 Å². The lowest BCUT2D eigenvalue weighted by Crippen LogP contribution is -2.24. The zero-order valence-electron chi connectivity index (χ0n) is 16.7. The van der Waals surface area contributed by atoms with Crippen LogP contribution in [-0.4, -0.2) is 45.5 Å². The van der Waals surface area contributed by atoms with Crippen molar-refractivity contribution in [3.8, 4) is 11.5 Å². The molecule has 0 fully saturated rings. The van der Waals surface area contributed by atoms with Gasteiger partial charge in [-0.3, -0.25) is 9.52 Å². The maximum atomic E-state index is 12.2. The van der Waals surface area contributed by atoms with Crippen molar-refractivity contribution in [2.75, 3.05) is 25.2 Å². The molecule has 0 aromatic heterocycles. The third kappa shape index (κ3) is 4.68. The van der Waals surface area contributed by atoms with Crippen LogP contribution in [0.25, 0.3) is 0 Å². The van der Waals surface area contributed by atoms with Gasteiger partial charge < -0.3 is 9.47 Å². The Balaban J connectivity index is 1.90. The van der Waals surface area contributed by atoms with Crippen LogP contribution in [-0.2, 0) is 14.8 Å². The number of carbonyl (C=O) groups excluding carboxylic acids is 1. The summed E-state index contributed by atoms with van der Waals surface area (Å²) in [5.41, 5.74) is 2.84. The van der Waals surface area contributed by atoms with Gasteiger partial charge in [0.1, 0.15) is 11.5 Å². The van der Waals surface area contributed by atoms with E-state index in [1.165, 1.54) is 11.9 Å². The standard InChI is InChI=1S/C20H23N3O5S/c1-13(24)23-19(17-10-9-16(27-2)11-20(17)28-3)12-18(21-23)14-5-7-15(8-6-14)22-29(4,25)26/h5-11,19,22H,12H2,1-4H3/t19-/m0/s1. The number of carbonyl (C=O) groups is 1. The zero-order valence-corrected chi connectivity index (χ0v) is 17.5. The molecular weight excluding hydrogens is 394 g/mol. The predicted molar refractivity (Wildman–Crippen MR) is 111 cm³/mol. The molecule has 0 saturated carbocycles. The second-order valence-corrected chi connectivity index (χ2v) is 8.44. The van der Waals surface area contributed by atoms with Gasteiger partial charge >= 0.3 is 0 Å². The summed E-state index contributed by atoms with van der Waals surface area (Å²) in [6, 6.07) is 12.0. The van der Waals surface area contributed by atoms with Crippen molar-refractivity contribution < 1.29 is 22.7 Å². The maximum Gasteiger partial charge on any atom is 0.240 e. The van der Waals surface area contributed by atoms with E-state index in [1.54, 1.807) is 44.6 Å². The number of nitrogens with one attached hydrogen (secondary N) is 1. The Morgan fingerprint density at radius 3 is 2.38 bits per heavy atom. The monoisotopic (exact) mass is 417 g/mol. The Labute approximate surface area is 170 Å². The van der Waals surface area contributed by atoms with Crippen LogP contribution in [0.4, 0.5) is 5.69 Å². The zero-order chi connectivity index (χ0) is 21.2. The van der Waals surface area contributed by atoms with E-state index in [1.807, 2.05) is 12.1 Å². The van der Waals surface area contributed by atoms with E-state index in [-0.39, 0.29) is 11.9 Å². The SMILES string of the molecule is COc1ccc([C@@H]2CC(c3ccc(NS(C)(=O)=O)cc3)=NN2C(C)=O)c(OC)c1. The molecule has 1 amide bonds. The van der Waals surface area contributed by atoms with Gasteiger partial charge in [0.2, 0.25) is 15.9 Å². The van der Waals surface area contributed by atoms with Gasteiger partial charge in [0, 0.05) is 30.7 Å². The van der Waals surface area contributed by atoms with Crippen LogP contribution in [0.2, 0.25) is 0 Å². The van der Waals surface area contributed by atoms with Gasteiger partial charge in [0.15, 0.2) is 0 Å². The van der Waals surface area contributed by atoms with Crippen LogP contribution in [0.15, 0.2) is 47.6 Å². The first-order valence-electron chi connectivity index (χ1n) is 8.89. The summed E-state index contributed by atoms with van der Waals surface area (Å²) in [5.74, 6) is 1.09. The number of sulfonamides is 1. The lowest BCUT2D eigenvalue weighted by atomic mass is 9.97. The molecule has 29 heavy (non-hydrogen) atoms. The molecule has 0 unspecified atom stereocenters. The Morgan fingerprint density at radius 1 is 1.14 bits per heavy atom. The number of hydrogen-bond acceptors (Lipinski definition) is 6.